The zero-order chi connectivity index (χ0) is 24.5. The Kier molecular flexibility index (Phi) is 6.25. The van der Waals surface area contributed by atoms with Crippen molar-refractivity contribution in [3.63, 3.8) is 0 Å². The molecule has 0 radical (unpaired) electrons. The van der Waals surface area contributed by atoms with E-state index in [0.29, 0.717) is 33.5 Å². The topological polar surface area (TPSA) is 111 Å². The first-order valence-electron chi connectivity index (χ1n) is 10.2. The third-order valence-corrected chi connectivity index (χ3v) is 6.54. The maximum absolute atomic E-state index is 13.5. The summed E-state index contributed by atoms with van der Waals surface area (Å²) in [7, 11) is -0.653. The van der Waals surface area contributed by atoms with Crippen LogP contribution < -0.4 is 15.4 Å². The van der Waals surface area contributed by atoms with Crippen molar-refractivity contribution >= 4 is 32.4 Å². The maximum Gasteiger partial charge on any atom is 0.255 e. The molecule has 0 saturated heterocycles. The van der Waals surface area contributed by atoms with Crippen molar-refractivity contribution in [2.24, 2.45) is 0 Å². The van der Waals surface area contributed by atoms with E-state index in [9.17, 15) is 17.6 Å². The lowest BCUT2D eigenvalue weighted by Crippen LogP contribution is -2.20. The summed E-state index contributed by atoms with van der Waals surface area (Å²) in [6.07, 6.45) is 4.14. The van der Waals surface area contributed by atoms with E-state index in [4.69, 9.17) is 9.15 Å². The quantitative estimate of drug-likeness (QED) is 0.406. The van der Waals surface area contributed by atoms with Crippen molar-refractivity contribution in [1.82, 2.24) is 10.3 Å². The summed E-state index contributed by atoms with van der Waals surface area (Å²) in [5.41, 5.74) is 1.93. The number of nitrogens with zero attached hydrogens (tertiary/aromatic N) is 1. The van der Waals surface area contributed by atoms with Gasteiger partial charge in [-0.15, -0.1) is 0 Å². The van der Waals surface area contributed by atoms with Gasteiger partial charge in [0.05, 0.1) is 18.4 Å². The number of furan rings is 1. The van der Waals surface area contributed by atoms with E-state index in [1.54, 1.807) is 24.3 Å². The van der Waals surface area contributed by atoms with Gasteiger partial charge >= 0.3 is 0 Å². The van der Waals surface area contributed by atoms with E-state index in [1.807, 2.05) is 0 Å². The zero-order valence-electron chi connectivity index (χ0n) is 18.6. The lowest BCUT2D eigenvalue weighted by atomic mass is 10.0. The van der Waals surface area contributed by atoms with E-state index in [2.05, 4.69) is 15.6 Å². The molecule has 8 nitrogen and oxygen atoms in total. The molecule has 2 N–H and O–H groups in total. The van der Waals surface area contributed by atoms with Gasteiger partial charge in [0.25, 0.3) is 5.91 Å². The van der Waals surface area contributed by atoms with Gasteiger partial charge in [0.2, 0.25) is 0 Å². The molecular formula is C24H22FN3O5S. The van der Waals surface area contributed by atoms with Gasteiger partial charge in [0.1, 0.15) is 22.9 Å². The molecule has 2 heterocycles. The van der Waals surface area contributed by atoms with Gasteiger partial charge < -0.3 is 19.8 Å². The molecule has 0 saturated carbocycles. The Morgan fingerprint density at radius 3 is 2.38 bits per heavy atom. The highest BCUT2D eigenvalue weighted by Crippen LogP contribution is 2.40. The molecule has 1 unspecified atom stereocenters. The first kappa shape index (κ1) is 23.2. The number of sulfone groups is 1. The number of methoxy groups -OCH3 is 1. The number of halogens is 1. The van der Waals surface area contributed by atoms with Crippen LogP contribution in [0.4, 0.5) is 10.1 Å². The zero-order valence-corrected chi connectivity index (χ0v) is 19.4. The van der Waals surface area contributed by atoms with E-state index in [0.717, 1.165) is 6.26 Å². The molecule has 0 aliphatic rings. The monoisotopic (exact) mass is 483 g/mol. The average molecular weight is 484 g/mol. The number of pyridine rings is 1. The third-order valence-electron chi connectivity index (χ3n) is 5.29. The molecule has 10 heteroatoms. The van der Waals surface area contributed by atoms with Crippen molar-refractivity contribution in [1.29, 1.82) is 0 Å². The number of aromatic nitrogens is 1. The van der Waals surface area contributed by atoms with Crippen molar-refractivity contribution in [3.8, 4) is 17.1 Å². The molecule has 34 heavy (non-hydrogen) atoms. The van der Waals surface area contributed by atoms with Crippen LogP contribution in [0.3, 0.4) is 0 Å². The molecule has 1 amide bonds. The van der Waals surface area contributed by atoms with Crippen molar-refractivity contribution < 1.29 is 26.8 Å². The second-order valence-corrected chi connectivity index (χ2v) is 9.71. The second kappa shape index (κ2) is 9.14. The van der Waals surface area contributed by atoms with Crippen LogP contribution in [0, 0.1) is 5.82 Å². The van der Waals surface area contributed by atoms with Gasteiger partial charge in [-0.25, -0.2) is 12.8 Å². The normalized spacial score (nSPS) is 12.4. The molecule has 2 aromatic carbocycles. The largest absolute Gasteiger partial charge is 0.495 e. The van der Waals surface area contributed by atoms with Crippen molar-refractivity contribution in [3.05, 3.63) is 77.9 Å². The lowest BCUT2D eigenvalue weighted by Gasteiger charge is -2.20. The summed E-state index contributed by atoms with van der Waals surface area (Å²) in [6.45, 7) is 0. The number of hydrogen-bond acceptors (Lipinski definition) is 7. The molecule has 0 bridgehead atoms. The van der Waals surface area contributed by atoms with Crippen molar-refractivity contribution in [2.45, 2.75) is 5.37 Å². The number of ether oxygens (including phenoxy) is 1. The van der Waals surface area contributed by atoms with E-state index < -0.39 is 26.9 Å². The summed E-state index contributed by atoms with van der Waals surface area (Å²) in [6, 6.07) is 12.0. The highest BCUT2D eigenvalue weighted by atomic mass is 32.2. The summed E-state index contributed by atoms with van der Waals surface area (Å²) < 4.78 is 50.1. The van der Waals surface area contributed by atoms with Crippen molar-refractivity contribution in [2.75, 3.05) is 25.7 Å². The SMILES string of the molecule is CNC(=O)c1c(-c2ccc(F)cc2)oc2cc(NC(c3ccncc3)S(C)(=O)=O)c(OC)cc12. The first-order valence-corrected chi connectivity index (χ1v) is 12.2. The highest BCUT2D eigenvalue weighted by Gasteiger charge is 2.27. The minimum absolute atomic E-state index is 0.252. The molecule has 1 atom stereocenters. The fraction of sp³-hybridized carbons (Fsp3) is 0.167. The van der Waals surface area contributed by atoms with Gasteiger partial charge in [-0.3, -0.25) is 9.78 Å². The summed E-state index contributed by atoms with van der Waals surface area (Å²) in [5, 5.41) is 4.99. The number of hydrogen-bond donors (Lipinski definition) is 2. The van der Waals surface area contributed by atoms with Crippen LogP contribution in [-0.4, -0.2) is 39.7 Å². The highest BCUT2D eigenvalue weighted by molar-refractivity contribution is 7.91. The van der Waals surface area contributed by atoms with Gasteiger partial charge in [-0.1, -0.05) is 0 Å². The minimum atomic E-state index is -3.59. The van der Waals surface area contributed by atoms with Crippen LogP contribution in [0.1, 0.15) is 21.3 Å². The Bertz CT molecular complexity index is 1450. The molecule has 0 aliphatic carbocycles. The van der Waals surface area contributed by atoms with Crippen LogP contribution >= 0.6 is 0 Å². The summed E-state index contributed by atoms with van der Waals surface area (Å²) >= 11 is 0. The van der Waals surface area contributed by atoms with Crippen LogP contribution in [0.2, 0.25) is 0 Å². The number of anilines is 1. The molecule has 0 spiro atoms. The van der Waals surface area contributed by atoms with E-state index in [1.165, 1.54) is 50.8 Å². The number of fused-ring (bicyclic) bond motifs is 1. The fourth-order valence-electron chi connectivity index (χ4n) is 3.68. The number of rotatable bonds is 7. The molecule has 0 aliphatic heterocycles. The van der Waals surface area contributed by atoms with Crippen LogP contribution in [0.5, 0.6) is 5.75 Å². The predicted octanol–water partition coefficient (Wildman–Crippen LogP) is 4.16. The standard InChI is InChI=1S/C24H22FN3O5S/c1-26-23(29)21-17-12-20(32-2)18(28-24(34(3,30)31)15-8-10-27-11-9-15)13-19(17)33-22(21)14-4-6-16(25)7-5-14/h4-13,24,28H,1-3H3,(H,26,29). The Hall–Kier alpha value is -3.92. The lowest BCUT2D eigenvalue weighted by molar-refractivity contribution is 0.0964. The third kappa shape index (κ3) is 4.44. The number of carbonyl (C=O) groups excluding carboxylic acids is 1. The number of carbonyl (C=O) groups is 1. The number of amides is 1. The molecule has 4 aromatic rings. The van der Waals surface area contributed by atoms with Crippen LogP contribution in [0.15, 0.2) is 65.3 Å². The predicted molar refractivity (Wildman–Crippen MR) is 127 cm³/mol. The van der Waals surface area contributed by atoms with Crippen LogP contribution in [0.25, 0.3) is 22.3 Å². The Labute approximate surface area is 195 Å². The molecule has 0 fully saturated rings. The Morgan fingerprint density at radius 2 is 1.79 bits per heavy atom. The van der Waals surface area contributed by atoms with Gasteiger partial charge in [0.15, 0.2) is 15.2 Å². The number of nitrogens with one attached hydrogen (secondary N) is 2. The minimum Gasteiger partial charge on any atom is -0.495 e. The molecule has 4 rings (SSSR count). The summed E-state index contributed by atoms with van der Waals surface area (Å²) in [4.78, 5) is 16.7. The average Bonchev–Trinajstić information content (AvgIpc) is 3.19. The van der Waals surface area contributed by atoms with E-state index >= 15 is 0 Å². The number of benzene rings is 2. The molecule has 2 aromatic heterocycles. The maximum atomic E-state index is 13.5. The molecular weight excluding hydrogens is 461 g/mol. The molecule has 176 valence electrons. The van der Waals surface area contributed by atoms with Gasteiger partial charge in [0, 0.05) is 42.7 Å². The van der Waals surface area contributed by atoms with Gasteiger partial charge in [-0.05, 0) is 48.0 Å². The van der Waals surface area contributed by atoms with Crippen LogP contribution in [-0.2, 0) is 9.84 Å². The summed E-state index contributed by atoms with van der Waals surface area (Å²) in [5.74, 6) is -0.252. The second-order valence-electron chi connectivity index (χ2n) is 7.58. The smallest absolute Gasteiger partial charge is 0.255 e. The Morgan fingerprint density at radius 1 is 1.12 bits per heavy atom. The first-order chi connectivity index (χ1) is 16.2. The van der Waals surface area contributed by atoms with E-state index in [-0.39, 0.29) is 11.3 Å². The fourth-order valence-corrected chi connectivity index (χ4v) is 4.67. The Balaban J connectivity index is 1.89. The van der Waals surface area contributed by atoms with Gasteiger partial charge in [-0.2, -0.15) is 0 Å².